The van der Waals surface area contributed by atoms with E-state index in [-0.39, 0.29) is 6.10 Å². The van der Waals surface area contributed by atoms with Crippen molar-refractivity contribution in [1.29, 1.82) is 0 Å². The summed E-state index contributed by atoms with van der Waals surface area (Å²) in [4.78, 5) is 0. The minimum Gasteiger partial charge on any atom is -0.490 e. The van der Waals surface area contributed by atoms with E-state index in [9.17, 15) is 0 Å². The van der Waals surface area contributed by atoms with Crippen LogP contribution in [0.5, 0.6) is 5.75 Å². The van der Waals surface area contributed by atoms with Crippen LogP contribution in [0, 0.1) is 0 Å². The zero-order valence-corrected chi connectivity index (χ0v) is 11.1. The third-order valence-electron chi connectivity index (χ3n) is 3.45. The molecule has 2 aromatic carbocycles. The molecule has 2 unspecified atom stereocenters. The molecule has 0 aliphatic carbocycles. The molecule has 100 valence electrons. The fourth-order valence-electron chi connectivity index (χ4n) is 2.34. The molecular formula is C16H19NO2. The van der Waals surface area contributed by atoms with Crippen molar-refractivity contribution in [1.82, 2.24) is 5.32 Å². The number of hydrogen-bond acceptors (Lipinski definition) is 3. The highest BCUT2D eigenvalue weighted by molar-refractivity contribution is 5.88. The quantitative estimate of drug-likeness (QED) is 0.916. The first-order valence-electron chi connectivity index (χ1n) is 6.78. The maximum Gasteiger partial charge on any atom is 0.127 e. The van der Waals surface area contributed by atoms with Crippen molar-refractivity contribution in [2.75, 3.05) is 19.8 Å². The number of nitrogens with one attached hydrogen (secondary N) is 1. The Morgan fingerprint density at radius 3 is 2.89 bits per heavy atom. The second-order valence-corrected chi connectivity index (χ2v) is 5.05. The second-order valence-electron chi connectivity index (χ2n) is 5.05. The van der Waals surface area contributed by atoms with Crippen LogP contribution in [-0.4, -0.2) is 31.9 Å². The van der Waals surface area contributed by atoms with E-state index in [1.807, 2.05) is 24.3 Å². The number of hydrogen-bond donors (Lipinski definition) is 1. The summed E-state index contributed by atoms with van der Waals surface area (Å²) in [5.74, 6) is 0.931. The lowest BCUT2D eigenvalue weighted by Gasteiger charge is -2.28. The van der Waals surface area contributed by atoms with Gasteiger partial charge in [0.25, 0.3) is 0 Å². The van der Waals surface area contributed by atoms with Crippen LogP contribution in [0.4, 0.5) is 0 Å². The summed E-state index contributed by atoms with van der Waals surface area (Å²) in [6, 6.07) is 14.9. The summed E-state index contributed by atoms with van der Waals surface area (Å²) in [5, 5.41) is 5.76. The van der Waals surface area contributed by atoms with E-state index in [1.54, 1.807) is 0 Å². The summed E-state index contributed by atoms with van der Waals surface area (Å²) >= 11 is 0. The van der Waals surface area contributed by atoms with Crippen LogP contribution in [0.15, 0.2) is 42.5 Å². The van der Waals surface area contributed by atoms with E-state index in [2.05, 4.69) is 30.4 Å². The Labute approximate surface area is 113 Å². The van der Waals surface area contributed by atoms with Crippen LogP contribution in [0.2, 0.25) is 0 Å². The van der Waals surface area contributed by atoms with Gasteiger partial charge in [-0.05, 0) is 18.4 Å². The van der Waals surface area contributed by atoms with Gasteiger partial charge in [-0.25, -0.2) is 0 Å². The lowest BCUT2D eigenvalue weighted by atomic mass is 10.1. The monoisotopic (exact) mass is 257 g/mol. The molecular weight excluding hydrogens is 238 g/mol. The smallest absolute Gasteiger partial charge is 0.127 e. The van der Waals surface area contributed by atoms with Crippen molar-refractivity contribution in [2.24, 2.45) is 0 Å². The molecule has 3 nitrogen and oxygen atoms in total. The van der Waals surface area contributed by atoms with E-state index in [4.69, 9.17) is 9.47 Å². The van der Waals surface area contributed by atoms with Gasteiger partial charge in [0.2, 0.25) is 0 Å². The Bertz CT molecular complexity index is 542. The lowest BCUT2D eigenvalue weighted by molar-refractivity contribution is -0.0162. The number of ether oxygens (including phenoxy) is 2. The van der Waals surface area contributed by atoms with Gasteiger partial charge in [-0.15, -0.1) is 0 Å². The Balaban J connectivity index is 1.68. The molecule has 2 atom stereocenters. The first-order valence-corrected chi connectivity index (χ1v) is 6.78. The molecule has 2 aromatic rings. The largest absolute Gasteiger partial charge is 0.490 e. The molecule has 0 aromatic heterocycles. The molecule has 3 rings (SSSR count). The van der Waals surface area contributed by atoms with Gasteiger partial charge in [-0.2, -0.15) is 0 Å². The third-order valence-corrected chi connectivity index (χ3v) is 3.45. The Morgan fingerprint density at radius 1 is 1.21 bits per heavy atom. The van der Waals surface area contributed by atoms with Gasteiger partial charge in [0.1, 0.15) is 18.5 Å². The minimum absolute atomic E-state index is 0.134. The van der Waals surface area contributed by atoms with Crippen LogP contribution < -0.4 is 10.1 Å². The highest BCUT2D eigenvalue weighted by atomic mass is 16.5. The first kappa shape index (κ1) is 12.5. The SMILES string of the molecule is CC1COC(COc2cccc3ccccc23)CN1. The molecule has 0 radical (unpaired) electrons. The predicted octanol–water partition coefficient (Wildman–Crippen LogP) is 2.60. The highest BCUT2D eigenvalue weighted by Gasteiger charge is 2.18. The maximum atomic E-state index is 5.93. The van der Waals surface area contributed by atoms with Crippen LogP contribution >= 0.6 is 0 Å². The molecule has 1 N–H and O–H groups in total. The van der Waals surface area contributed by atoms with Crippen molar-refractivity contribution in [3.8, 4) is 5.75 Å². The molecule has 19 heavy (non-hydrogen) atoms. The topological polar surface area (TPSA) is 30.5 Å². The van der Waals surface area contributed by atoms with Gasteiger partial charge in [0.05, 0.1) is 6.61 Å². The summed E-state index contributed by atoms with van der Waals surface area (Å²) in [6.45, 7) is 4.32. The normalized spacial score (nSPS) is 23.4. The minimum atomic E-state index is 0.134. The van der Waals surface area contributed by atoms with Crippen LogP contribution in [0.3, 0.4) is 0 Å². The molecule has 1 heterocycles. The first-order chi connectivity index (χ1) is 9.33. The third kappa shape index (κ3) is 2.88. The van der Waals surface area contributed by atoms with Crippen LogP contribution in [-0.2, 0) is 4.74 Å². The van der Waals surface area contributed by atoms with E-state index < -0.39 is 0 Å². The Kier molecular flexibility index (Phi) is 3.67. The van der Waals surface area contributed by atoms with Crippen LogP contribution in [0.25, 0.3) is 10.8 Å². The lowest BCUT2D eigenvalue weighted by Crippen LogP contribution is -2.46. The van der Waals surface area contributed by atoms with E-state index in [0.717, 1.165) is 24.3 Å². The summed E-state index contributed by atoms with van der Waals surface area (Å²) in [6.07, 6.45) is 0.134. The molecule has 0 amide bonds. The van der Waals surface area contributed by atoms with Gasteiger partial charge in [0, 0.05) is 18.0 Å². The van der Waals surface area contributed by atoms with E-state index >= 15 is 0 Å². The Morgan fingerprint density at radius 2 is 2.05 bits per heavy atom. The molecule has 0 saturated carbocycles. The molecule has 1 aliphatic rings. The molecule has 1 aliphatic heterocycles. The van der Waals surface area contributed by atoms with E-state index in [1.165, 1.54) is 5.39 Å². The molecule has 1 saturated heterocycles. The van der Waals surface area contributed by atoms with Gasteiger partial charge in [0.15, 0.2) is 0 Å². The second kappa shape index (κ2) is 5.59. The van der Waals surface area contributed by atoms with Gasteiger partial charge < -0.3 is 14.8 Å². The summed E-state index contributed by atoms with van der Waals surface area (Å²) in [5.41, 5.74) is 0. The van der Waals surface area contributed by atoms with Crippen molar-refractivity contribution in [3.63, 3.8) is 0 Å². The van der Waals surface area contributed by atoms with Gasteiger partial charge in [-0.1, -0.05) is 36.4 Å². The maximum absolute atomic E-state index is 5.93. The number of morpholine rings is 1. The van der Waals surface area contributed by atoms with Crippen molar-refractivity contribution < 1.29 is 9.47 Å². The average Bonchev–Trinajstić information content (AvgIpc) is 2.47. The van der Waals surface area contributed by atoms with E-state index in [0.29, 0.717) is 12.6 Å². The van der Waals surface area contributed by atoms with Crippen molar-refractivity contribution in [3.05, 3.63) is 42.5 Å². The average molecular weight is 257 g/mol. The van der Waals surface area contributed by atoms with Crippen molar-refractivity contribution >= 4 is 10.8 Å². The zero-order chi connectivity index (χ0) is 13.1. The molecule has 0 spiro atoms. The van der Waals surface area contributed by atoms with Crippen molar-refractivity contribution in [2.45, 2.75) is 19.1 Å². The highest BCUT2D eigenvalue weighted by Crippen LogP contribution is 2.25. The molecule has 1 fully saturated rings. The number of benzene rings is 2. The molecule has 3 heteroatoms. The fourth-order valence-corrected chi connectivity index (χ4v) is 2.34. The predicted molar refractivity (Wildman–Crippen MR) is 76.6 cm³/mol. The van der Waals surface area contributed by atoms with Crippen LogP contribution in [0.1, 0.15) is 6.92 Å². The fraction of sp³-hybridized carbons (Fsp3) is 0.375. The Hall–Kier alpha value is -1.58. The number of rotatable bonds is 3. The standard InChI is InChI=1S/C16H19NO2/c1-12-10-18-14(9-17-12)11-19-16-8-4-6-13-5-2-3-7-15(13)16/h2-8,12,14,17H,9-11H2,1H3. The zero-order valence-electron chi connectivity index (χ0n) is 11.1. The van der Waals surface area contributed by atoms with Gasteiger partial charge >= 0.3 is 0 Å². The van der Waals surface area contributed by atoms with Gasteiger partial charge in [-0.3, -0.25) is 0 Å². The summed E-state index contributed by atoms with van der Waals surface area (Å²) < 4.78 is 11.7. The molecule has 0 bridgehead atoms. The summed E-state index contributed by atoms with van der Waals surface area (Å²) in [7, 11) is 0. The number of fused-ring (bicyclic) bond motifs is 1.